The molecule has 0 aromatic carbocycles. The van der Waals surface area contributed by atoms with Gasteiger partial charge in [-0.05, 0) is 18.8 Å². The number of hydrogen-bond acceptors (Lipinski definition) is 4. The van der Waals surface area contributed by atoms with Crippen LogP contribution >= 0.6 is 0 Å². The summed E-state index contributed by atoms with van der Waals surface area (Å²) in [4.78, 5) is 22.6. The fraction of sp³-hybridized carbons (Fsp3) is 0.667. The molecule has 1 heterocycles. The second-order valence-corrected chi connectivity index (χ2v) is 4.57. The van der Waals surface area contributed by atoms with Crippen LogP contribution in [0.5, 0.6) is 0 Å². The maximum absolute atomic E-state index is 11.3. The Morgan fingerprint density at radius 2 is 2.38 bits per heavy atom. The van der Waals surface area contributed by atoms with Gasteiger partial charge < -0.3 is 9.47 Å². The van der Waals surface area contributed by atoms with Crippen LogP contribution in [0.2, 0.25) is 0 Å². The standard InChI is InChI=1S/C12H16O4/c1-3-9(13)15-12-8-4-5-10(14)16-11(12)7(2)6-8/h3,7-8,11-12H,1,4-6H2,2H3. The predicted molar refractivity (Wildman–Crippen MR) is 56.5 cm³/mol. The van der Waals surface area contributed by atoms with Gasteiger partial charge in [-0.2, -0.15) is 0 Å². The molecule has 2 aliphatic rings. The summed E-state index contributed by atoms with van der Waals surface area (Å²) < 4.78 is 10.6. The zero-order valence-corrected chi connectivity index (χ0v) is 9.35. The average molecular weight is 224 g/mol. The Morgan fingerprint density at radius 1 is 1.62 bits per heavy atom. The molecule has 2 fully saturated rings. The summed E-state index contributed by atoms with van der Waals surface area (Å²) in [7, 11) is 0. The van der Waals surface area contributed by atoms with Crippen molar-refractivity contribution in [2.45, 2.75) is 38.4 Å². The van der Waals surface area contributed by atoms with Gasteiger partial charge in [0.15, 0.2) is 0 Å². The number of hydrogen-bond donors (Lipinski definition) is 0. The number of carbonyl (C=O) groups excluding carboxylic acids is 2. The van der Waals surface area contributed by atoms with Crippen molar-refractivity contribution in [2.24, 2.45) is 11.8 Å². The normalized spacial score (nSPS) is 37.4. The van der Waals surface area contributed by atoms with Crippen molar-refractivity contribution in [1.82, 2.24) is 0 Å². The first kappa shape index (κ1) is 11.2. The van der Waals surface area contributed by atoms with E-state index in [1.54, 1.807) is 0 Å². The lowest BCUT2D eigenvalue weighted by atomic mass is 9.99. The minimum atomic E-state index is -0.438. The van der Waals surface area contributed by atoms with Crippen molar-refractivity contribution in [3.63, 3.8) is 0 Å². The third-order valence-corrected chi connectivity index (χ3v) is 3.43. The lowest BCUT2D eigenvalue weighted by Crippen LogP contribution is -2.34. The molecular formula is C12H16O4. The summed E-state index contributed by atoms with van der Waals surface area (Å²) in [6.07, 6.45) is 2.71. The van der Waals surface area contributed by atoms with Gasteiger partial charge in [-0.15, -0.1) is 0 Å². The Bertz CT molecular complexity index is 323. The molecule has 16 heavy (non-hydrogen) atoms. The predicted octanol–water partition coefficient (Wildman–Crippen LogP) is 1.45. The van der Waals surface area contributed by atoms with Crippen molar-refractivity contribution < 1.29 is 19.1 Å². The zero-order valence-electron chi connectivity index (χ0n) is 9.35. The molecule has 4 atom stereocenters. The van der Waals surface area contributed by atoms with Crippen molar-refractivity contribution >= 4 is 11.9 Å². The summed E-state index contributed by atoms with van der Waals surface area (Å²) in [5.41, 5.74) is 0. The van der Waals surface area contributed by atoms with Crippen LogP contribution in [0.1, 0.15) is 26.2 Å². The minimum absolute atomic E-state index is 0.182. The Hall–Kier alpha value is -1.32. The zero-order chi connectivity index (χ0) is 11.7. The van der Waals surface area contributed by atoms with Crippen molar-refractivity contribution in [2.75, 3.05) is 0 Å². The van der Waals surface area contributed by atoms with Gasteiger partial charge in [0.1, 0.15) is 12.2 Å². The van der Waals surface area contributed by atoms with E-state index >= 15 is 0 Å². The van der Waals surface area contributed by atoms with Crippen LogP contribution in [0.15, 0.2) is 12.7 Å². The van der Waals surface area contributed by atoms with Crippen LogP contribution in [0, 0.1) is 11.8 Å². The van der Waals surface area contributed by atoms with E-state index in [2.05, 4.69) is 6.58 Å². The summed E-state index contributed by atoms with van der Waals surface area (Å²) in [6.45, 7) is 5.40. The lowest BCUT2D eigenvalue weighted by Gasteiger charge is -2.22. The molecule has 88 valence electrons. The molecule has 4 nitrogen and oxygen atoms in total. The quantitative estimate of drug-likeness (QED) is 0.526. The molecule has 0 amide bonds. The highest BCUT2D eigenvalue weighted by Gasteiger charge is 2.47. The fourth-order valence-electron chi connectivity index (χ4n) is 2.66. The first-order valence-corrected chi connectivity index (χ1v) is 5.64. The van der Waals surface area contributed by atoms with E-state index in [4.69, 9.17) is 9.47 Å². The van der Waals surface area contributed by atoms with E-state index in [0.717, 1.165) is 18.9 Å². The maximum atomic E-state index is 11.3. The van der Waals surface area contributed by atoms with Crippen molar-refractivity contribution in [3.8, 4) is 0 Å². The third kappa shape index (κ3) is 1.96. The van der Waals surface area contributed by atoms with E-state index in [0.29, 0.717) is 6.42 Å². The molecule has 1 aliphatic carbocycles. The van der Waals surface area contributed by atoms with Crippen LogP contribution in [0.3, 0.4) is 0 Å². The molecule has 4 unspecified atom stereocenters. The number of ether oxygens (including phenoxy) is 2. The van der Waals surface area contributed by atoms with Crippen LogP contribution in [0.25, 0.3) is 0 Å². The molecule has 0 radical (unpaired) electrons. The minimum Gasteiger partial charge on any atom is -0.458 e. The van der Waals surface area contributed by atoms with Gasteiger partial charge in [0.05, 0.1) is 0 Å². The smallest absolute Gasteiger partial charge is 0.330 e. The summed E-state index contributed by atoms with van der Waals surface area (Å²) >= 11 is 0. The Morgan fingerprint density at radius 3 is 3.06 bits per heavy atom. The molecule has 2 rings (SSSR count). The van der Waals surface area contributed by atoms with Gasteiger partial charge in [-0.1, -0.05) is 13.5 Å². The first-order chi connectivity index (χ1) is 7.61. The largest absolute Gasteiger partial charge is 0.458 e. The summed E-state index contributed by atoms with van der Waals surface area (Å²) in [6, 6.07) is 0. The van der Waals surface area contributed by atoms with E-state index < -0.39 is 5.97 Å². The van der Waals surface area contributed by atoms with Crippen molar-refractivity contribution in [3.05, 3.63) is 12.7 Å². The molecule has 4 heteroatoms. The molecule has 1 saturated heterocycles. The van der Waals surface area contributed by atoms with Crippen molar-refractivity contribution in [1.29, 1.82) is 0 Å². The Balaban J connectivity index is 2.14. The van der Waals surface area contributed by atoms with Gasteiger partial charge in [-0.25, -0.2) is 4.79 Å². The molecule has 0 aromatic rings. The molecular weight excluding hydrogens is 208 g/mol. The first-order valence-electron chi connectivity index (χ1n) is 5.64. The Kier molecular flexibility index (Phi) is 2.99. The highest BCUT2D eigenvalue weighted by molar-refractivity contribution is 5.81. The van der Waals surface area contributed by atoms with Gasteiger partial charge in [0.2, 0.25) is 0 Å². The van der Waals surface area contributed by atoms with E-state index in [-0.39, 0.29) is 30.0 Å². The van der Waals surface area contributed by atoms with E-state index in [9.17, 15) is 9.59 Å². The SMILES string of the molecule is C=CC(=O)OC1C2CCC(=O)OC1C(C)C2. The number of fused-ring (bicyclic) bond motifs is 2. The molecule has 2 bridgehead atoms. The molecule has 0 aromatic heterocycles. The molecule has 0 spiro atoms. The van der Waals surface area contributed by atoms with E-state index in [1.807, 2.05) is 6.92 Å². The maximum Gasteiger partial charge on any atom is 0.330 e. The molecule has 1 saturated carbocycles. The van der Waals surface area contributed by atoms with Gasteiger partial charge in [0.25, 0.3) is 0 Å². The van der Waals surface area contributed by atoms with Gasteiger partial charge in [0, 0.05) is 18.4 Å². The van der Waals surface area contributed by atoms with Crippen LogP contribution in [0.4, 0.5) is 0 Å². The molecule has 1 aliphatic heterocycles. The molecule has 0 N–H and O–H groups in total. The number of carbonyl (C=O) groups is 2. The number of rotatable bonds is 2. The lowest BCUT2D eigenvalue weighted by molar-refractivity contribution is -0.163. The van der Waals surface area contributed by atoms with E-state index in [1.165, 1.54) is 0 Å². The highest BCUT2D eigenvalue weighted by Crippen LogP contribution is 2.40. The summed E-state index contributed by atoms with van der Waals surface area (Å²) in [5.74, 6) is -0.113. The highest BCUT2D eigenvalue weighted by atomic mass is 16.6. The average Bonchev–Trinajstić information content (AvgIpc) is 2.43. The van der Waals surface area contributed by atoms with Crippen LogP contribution < -0.4 is 0 Å². The second kappa shape index (κ2) is 4.28. The fourth-order valence-corrected chi connectivity index (χ4v) is 2.66. The topological polar surface area (TPSA) is 52.6 Å². The summed E-state index contributed by atoms with van der Waals surface area (Å²) in [5, 5.41) is 0. The third-order valence-electron chi connectivity index (χ3n) is 3.43. The van der Waals surface area contributed by atoms with Crippen LogP contribution in [-0.2, 0) is 19.1 Å². The van der Waals surface area contributed by atoms with Gasteiger partial charge in [-0.3, -0.25) is 4.79 Å². The second-order valence-electron chi connectivity index (χ2n) is 4.57. The van der Waals surface area contributed by atoms with Gasteiger partial charge >= 0.3 is 11.9 Å². The monoisotopic (exact) mass is 224 g/mol. The Labute approximate surface area is 94.6 Å². The number of esters is 2. The van der Waals surface area contributed by atoms with Crippen LogP contribution in [-0.4, -0.2) is 24.1 Å².